The molecule has 0 saturated heterocycles. The van der Waals surface area contributed by atoms with Gasteiger partial charge in [-0.25, -0.2) is 4.98 Å². The first-order chi connectivity index (χ1) is 12.7. The van der Waals surface area contributed by atoms with E-state index in [-0.39, 0.29) is 0 Å². The maximum Gasteiger partial charge on any atom is 0.177 e. The van der Waals surface area contributed by atoms with Gasteiger partial charge in [-0.2, -0.15) is 0 Å². The van der Waals surface area contributed by atoms with E-state index in [2.05, 4.69) is 16.7 Å². The molecule has 0 saturated carbocycles. The molecule has 0 atom stereocenters. The number of furan rings is 1. The van der Waals surface area contributed by atoms with Crippen molar-refractivity contribution in [1.29, 1.82) is 0 Å². The first kappa shape index (κ1) is 16.3. The molecule has 0 N–H and O–H groups in total. The average molecular weight is 348 g/mol. The zero-order valence-electron chi connectivity index (χ0n) is 15.0. The highest BCUT2D eigenvalue weighted by Crippen LogP contribution is 2.29. The van der Waals surface area contributed by atoms with Crippen molar-refractivity contribution < 1.29 is 13.9 Å². The summed E-state index contributed by atoms with van der Waals surface area (Å²) in [5.41, 5.74) is 3.07. The molecule has 2 heterocycles. The highest BCUT2D eigenvalue weighted by Gasteiger charge is 2.16. The summed E-state index contributed by atoms with van der Waals surface area (Å²) in [6.45, 7) is 2.62. The molecule has 0 unspecified atom stereocenters. The normalized spacial score (nSPS) is 11.0. The molecular weight excluding hydrogens is 328 g/mol. The lowest BCUT2D eigenvalue weighted by Gasteiger charge is -2.09. The smallest absolute Gasteiger partial charge is 0.177 e. The van der Waals surface area contributed by atoms with Gasteiger partial charge in [-0.15, -0.1) is 0 Å². The molecule has 5 nitrogen and oxygen atoms in total. The Morgan fingerprint density at radius 1 is 0.923 bits per heavy atom. The molecule has 0 aliphatic carbocycles. The first-order valence-corrected chi connectivity index (χ1v) is 8.42. The van der Waals surface area contributed by atoms with Crippen molar-refractivity contribution in [1.82, 2.24) is 9.55 Å². The summed E-state index contributed by atoms with van der Waals surface area (Å²) < 4.78 is 18.6. The van der Waals surface area contributed by atoms with E-state index in [1.54, 1.807) is 14.2 Å². The van der Waals surface area contributed by atoms with E-state index in [1.165, 1.54) is 0 Å². The lowest BCUT2D eigenvalue weighted by atomic mass is 10.2. The maximum atomic E-state index is 5.84. The number of hydrogen-bond acceptors (Lipinski definition) is 4. The van der Waals surface area contributed by atoms with Crippen LogP contribution in [0, 0.1) is 6.92 Å². The second-order valence-corrected chi connectivity index (χ2v) is 6.13. The zero-order chi connectivity index (χ0) is 18.1. The Hall–Kier alpha value is -3.21. The fourth-order valence-corrected chi connectivity index (χ4v) is 3.05. The summed E-state index contributed by atoms with van der Waals surface area (Å²) in [5.74, 6) is 4.05. The third-order valence-corrected chi connectivity index (χ3v) is 4.42. The molecule has 0 radical (unpaired) electrons. The van der Waals surface area contributed by atoms with Crippen LogP contribution in [-0.4, -0.2) is 23.8 Å². The molecule has 0 spiro atoms. The van der Waals surface area contributed by atoms with E-state index in [9.17, 15) is 0 Å². The van der Waals surface area contributed by atoms with Gasteiger partial charge < -0.3 is 18.5 Å². The molecular formula is C21H20N2O3. The van der Waals surface area contributed by atoms with Gasteiger partial charge in [0.15, 0.2) is 11.6 Å². The lowest BCUT2D eigenvalue weighted by Crippen LogP contribution is -2.02. The van der Waals surface area contributed by atoms with Crippen molar-refractivity contribution in [3.63, 3.8) is 0 Å². The zero-order valence-corrected chi connectivity index (χ0v) is 15.0. The first-order valence-electron chi connectivity index (χ1n) is 8.42. The third-order valence-electron chi connectivity index (χ3n) is 4.42. The SMILES string of the molecule is COc1ccc(Cn2c(-c3ccc(C)o3)nc3cc(OC)ccc32)cc1. The molecule has 0 aliphatic heterocycles. The van der Waals surface area contributed by atoms with Crippen LogP contribution < -0.4 is 9.47 Å². The van der Waals surface area contributed by atoms with Crippen LogP contribution in [0.2, 0.25) is 0 Å². The van der Waals surface area contributed by atoms with Gasteiger partial charge in [-0.1, -0.05) is 12.1 Å². The Morgan fingerprint density at radius 3 is 2.31 bits per heavy atom. The lowest BCUT2D eigenvalue weighted by molar-refractivity contribution is 0.414. The van der Waals surface area contributed by atoms with Crippen molar-refractivity contribution in [3.8, 4) is 23.1 Å². The Labute approximate surface area is 151 Å². The van der Waals surface area contributed by atoms with Crippen LogP contribution in [0.4, 0.5) is 0 Å². The maximum absolute atomic E-state index is 5.84. The predicted molar refractivity (Wildman–Crippen MR) is 101 cm³/mol. The minimum absolute atomic E-state index is 0.682. The van der Waals surface area contributed by atoms with E-state index in [1.807, 2.05) is 49.4 Å². The van der Waals surface area contributed by atoms with Crippen LogP contribution in [-0.2, 0) is 6.54 Å². The average Bonchev–Trinajstić information content (AvgIpc) is 3.25. The van der Waals surface area contributed by atoms with Crippen molar-refractivity contribution >= 4 is 11.0 Å². The Balaban J connectivity index is 1.84. The molecule has 4 rings (SSSR count). The van der Waals surface area contributed by atoms with Crippen molar-refractivity contribution in [3.05, 3.63) is 65.9 Å². The summed E-state index contributed by atoms with van der Waals surface area (Å²) >= 11 is 0. The molecule has 132 valence electrons. The molecule has 26 heavy (non-hydrogen) atoms. The number of imidazole rings is 1. The van der Waals surface area contributed by atoms with E-state index < -0.39 is 0 Å². The van der Waals surface area contributed by atoms with Crippen LogP contribution >= 0.6 is 0 Å². The van der Waals surface area contributed by atoms with Crippen molar-refractivity contribution in [2.24, 2.45) is 0 Å². The van der Waals surface area contributed by atoms with Crippen LogP contribution in [0.1, 0.15) is 11.3 Å². The summed E-state index contributed by atoms with van der Waals surface area (Å²) in [6.07, 6.45) is 0. The minimum Gasteiger partial charge on any atom is -0.497 e. The van der Waals surface area contributed by atoms with E-state index in [4.69, 9.17) is 18.9 Å². The van der Waals surface area contributed by atoms with Gasteiger partial charge in [0.2, 0.25) is 0 Å². The molecule has 0 aliphatic rings. The fourth-order valence-electron chi connectivity index (χ4n) is 3.05. The van der Waals surface area contributed by atoms with Crippen LogP contribution in [0.15, 0.2) is 59.0 Å². The van der Waals surface area contributed by atoms with Gasteiger partial charge >= 0.3 is 0 Å². The fraction of sp³-hybridized carbons (Fsp3) is 0.190. The van der Waals surface area contributed by atoms with Crippen LogP contribution in [0.3, 0.4) is 0 Å². The number of methoxy groups -OCH3 is 2. The molecule has 0 amide bonds. The highest BCUT2D eigenvalue weighted by atomic mass is 16.5. The molecule has 0 bridgehead atoms. The number of nitrogens with zero attached hydrogens (tertiary/aromatic N) is 2. The monoisotopic (exact) mass is 348 g/mol. The summed E-state index contributed by atoms with van der Waals surface area (Å²) in [5, 5.41) is 0. The molecule has 0 fully saturated rings. The van der Waals surface area contributed by atoms with Gasteiger partial charge in [0.05, 0.1) is 25.3 Å². The molecule has 4 aromatic rings. The molecule has 2 aromatic heterocycles. The molecule has 5 heteroatoms. The van der Waals surface area contributed by atoms with Gasteiger partial charge in [0.1, 0.15) is 17.3 Å². The summed E-state index contributed by atoms with van der Waals surface area (Å²) in [7, 11) is 3.33. The van der Waals surface area contributed by atoms with Crippen molar-refractivity contribution in [2.45, 2.75) is 13.5 Å². The second kappa shape index (κ2) is 6.59. The Bertz CT molecular complexity index is 1050. The third kappa shape index (κ3) is 2.92. The van der Waals surface area contributed by atoms with Gasteiger partial charge in [0, 0.05) is 12.6 Å². The van der Waals surface area contributed by atoms with Crippen LogP contribution in [0.25, 0.3) is 22.6 Å². The van der Waals surface area contributed by atoms with Gasteiger partial charge in [-0.05, 0) is 48.9 Å². The number of aryl methyl sites for hydroxylation is 1. The number of rotatable bonds is 5. The standard InChI is InChI=1S/C21H20N2O3/c1-14-4-11-20(26-14)21-22-18-12-17(25-3)9-10-19(18)23(21)13-15-5-7-16(24-2)8-6-15/h4-12H,13H2,1-3H3. The van der Waals surface area contributed by atoms with E-state index in [0.717, 1.165) is 45.4 Å². The molecule has 2 aromatic carbocycles. The number of fused-ring (bicyclic) bond motifs is 1. The van der Waals surface area contributed by atoms with E-state index in [0.29, 0.717) is 6.54 Å². The number of benzene rings is 2. The Morgan fingerprint density at radius 2 is 1.65 bits per heavy atom. The van der Waals surface area contributed by atoms with E-state index >= 15 is 0 Å². The summed E-state index contributed by atoms with van der Waals surface area (Å²) in [6, 6.07) is 17.9. The number of hydrogen-bond donors (Lipinski definition) is 0. The largest absolute Gasteiger partial charge is 0.497 e. The quantitative estimate of drug-likeness (QED) is 0.526. The Kier molecular flexibility index (Phi) is 4.13. The minimum atomic E-state index is 0.682. The highest BCUT2D eigenvalue weighted by molar-refractivity contribution is 5.81. The number of ether oxygens (including phenoxy) is 2. The number of aromatic nitrogens is 2. The van der Waals surface area contributed by atoms with Gasteiger partial charge in [-0.3, -0.25) is 0 Å². The second-order valence-electron chi connectivity index (χ2n) is 6.13. The van der Waals surface area contributed by atoms with Crippen molar-refractivity contribution in [2.75, 3.05) is 14.2 Å². The topological polar surface area (TPSA) is 49.4 Å². The summed E-state index contributed by atoms with van der Waals surface area (Å²) in [4.78, 5) is 4.80. The van der Waals surface area contributed by atoms with Gasteiger partial charge in [0.25, 0.3) is 0 Å². The van der Waals surface area contributed by atoms with Crippen LogP contribution in [0.5, 0.6) is 11.5 Å². The predicted octanol–water partition coefficient (Wildman–Crippen LogP) is 4.67.